The van der Waals surface area contributed by atoms with E-state index in [-0.39, 0.29) is 5.91 Å². The van der Waals surface area contributed by atoms with Crippen molar-refractivity contribution in [2.24, 2.45) is 0 Å². The fourth-order valence-corrected chi connectivity index (χ4v) is 3.56. The molecule has 3 aromatic rings. The zero-order valence-corrected chi connectivity index (χ0v) is 17.0. The largest absolute Gasteiger partial charge is 0.339 e. The molecule has 1 amide bonds. The Morgan fingerprint density at radius 3 is 2.39 bits per heavy atom. The molecule has 4 rings (SSSR count). The van der Waals surface area contributed by atoms with Gasteiger partial charge in [-0.25, -0.2) is 15.0 Å². The second-order valence-electron chi connectivity index (χ2n) is 7.54. The van der Waals surface area contributed by atoms with Crippen LogP contribution in [-0.4, -0.2) is 38.8 Å². The highest BCUT2D eigenvalue weighted by atomic mass is 16.2. The average Bonchev–Trinajstić information content (AvgIpc) is 3.56. The van der Waals surface area contributed by atoms with Gasteiger partial charge in [-0.2, -0.15) is 0 Å². The van der Waals surface area contributed by atoms with Crippen LogP contribution in [0.5, 0.6) is 0 Å². The van der Waals surface area contributed by atoms with Crippen molar-refractivity contribution in [3.05, 3.63) is 53.1 Å². The van der Waals surface area contributed by atoms with E-state index >= 15 is 0 Å². The van der Waals surface area contributed by atoms with Gasteiger partial charge < -0.3 is 4.90 Å². The fraction of sp³-hybridized carbons (Fsp3) is 0.391. The van der Waals surface area contributed by atoms with E-state index in [0.717, 1.165) is 33.5 Å². The summed E-state index contributed by atoms with van der Waals surface area (Å²) in [6, 6.07) is 5.97. The first-order chi connectivity index (χ1) is 13.5. The second kappa shape index (κ2) is 7.30. The summed E-state index contributed by atoms with van der Waals surface area (Å²) in [6.07, 6.45) is 6.03. The Morgan fingerprint density at radius 2 is 1.79 bits per heavy atom. The first-order valence-electron chi connectivity index (χ1n) is 10.1. The Balaban J connectivity index is 1.89. The van der Waals surface area contributed by atoms with E-state index in [1.807, 2.05) is 43.3 Å². The van der Waals surface area contributed by atoms with Crippen molar-refractivity contribution in [2.75, 3.05) is 13.1 Å². The SMILES string of the molecule is CCN(CC)C(=O)c1cc(-c2cnc(C3CC3)nc2)nc2c(C)c(C)ccc12. The quantitative estimate of drug-likeness (QED) is 0.651. The van der Waals surface area contributed by atoms with E-state index in [4.69, 9.17) is 4.98 Å². The molecule has 0 spiro atoms. The minimum atomic E-state index is 0.0393. The number of pyridine rings is 1. The third-order valence-corrected chi connectivity index (χ3v) is 5.70. The van der Waals surface area contributed by atoms with E-state index in [1.54, 1.807) is 0 Å². The Labute approximate surface area is 165 Å². The van der Waals surface area contributed by atoms with Crippen LogP contribution < -0.4 is 0 Å². The molecular formula is C23H26N4O. The summed E-state index contributed by atoms with van der Waals surface area (Å²) in [4.78, 5) is 29.0. The Hall–Kier alpha value is -2.82. The third kappa shape index (κ3) is 3.26. The van der Waals surface area contributed by atoms with E-state index in [1.165, 1.54) is 18.4 Å². The van der Waals surface area contributed by atoms with Crippen molar-refractivity contribution in [3.8, 4) is 11.3 Å². The maximum absolute atomic E-state index is 13.2. The Morgan fingerprint density at radius 1 is 1.11 bits per heavy atom. The predicted octanol–water partition coefficient (Wildman–Crippen LogP) is 4.67. The van der Waals surface area contributed by atoms with Gasteiger partial charge >= 0.3 is 0 Å². The van der Waals surface area contributed by atoms with Gasteiger partial charge in [-0.05, 0) is 57.7 Å². The van der Waals surface area contributed by atoms with Gasteiger partial charge in [0.15, 0.2) is 0 Å². The summed E-state index contributed by atoms with van der Waals surface area (Å²) in [5, 5.41) is 0.902. The summed E-state index contributed by atoms with van der Waals surface area (Å²) in [5.74, 6) is 1.47. The Bertz CT molecular complexity index is 1030. The maximum atomic E-state index is 13.2. The summed E-state index contributed by atoms with van der Waals surface area (Å²) in [5.41, 5.74) is 5.43. The molecule has 1 fully saturated rings. The van der Waals surface area contributed by atoms with Crippen LogP contribution in [0.4, 0.5) is 0 Å². The highest BCUT2D eigenvalue weighted by Crippen LogP contribution is 2.38. The molecule has 2 aromatic heterocycles. The van der Waals surface area contributed by atoms with Crippen molar-refractivity contribution in [1.82, 2.24) is 19.9 Å². The van der Waals surface area contributed by atoms with Crippen molar-refractivity contribution in [1.29, 1.82) is 0 Å². The van der Waals surface area contributed by atoms with Gasteiger partial charge in [-0.1, -0.05) is 12.1 Å². The van der Waals surface area contributed by atoms with Crippen LogP contribution in [0.2, 0.25) is 0 Å². The molecule has 0 bridgehead atoms. The number of hydrogen-bond donors (Lipinski definition) is 0. The number of nitrogens with zero attached hydrogens (tertiary/aromatic N) is 4. The summed E-state index contributed by atoms with van der Waals surface area (Å²) in [7, 11) is 0. The lowest BCUT2D eigenvalue weighted by atomic mass is 9.99. The van der Waals surface area contributed by atoms with Gasteiger partial charge in [-0.15, -0.1) is 0 Å². The molecule has 1 saturated carbocycles. The lowest BCUT2D eigenvalue weighted by Gasteiger charge is -2.20. The van der Waals surface area contributed by atoms with Gasteiger partial charge in [0, 0.05) is 42.4 Å². The predicted molar refractivity (Wildman–Crippen MR) is 111 cm³/mol. The normalized spacial score (nSPS) is 13.7. The summed E-state index contributed by atoms with van der Waals surface area (Å²) < 4.78 is 0. The van der Waals surface area contributed by atoms with Crippen molar-refractivity contribution in [2.45, 2.75) is 46.5 Å². The molecule has 0 atom stereocenters. The Kier molecular flexibility index (Phi) is 4.84. The molecule has 1 aliphatic carbocycles. The van der Waals surface area contributed by atoms with Gasteiger partial charge in [0.05, 0.1) is 16.8 Å². The number of carbonyl (C=O) groups is 1. The van der Waals surface area contributed by atoms with Crippen LogP contribution in [-0.2, 0) is 0 Å². The standard InChI is InChI=1S/C23H26N4O/c1-5-27(6-2)23(28)19-11-20(17-12-24-22(25-13-17)16-8-9-16)26-21-15(4)14(3)7-10-18(19)21/h7,10-13,16H,5-6,8-9H2,1-4H3. The minimum Gasteiger partial charge on any atom is -0.339 e. The molecule has 5 nitrogen and oxygen atoms in total. The third-order valence-electron chi connectivity index (χ3n) is 5.70. The smallest absolute Gasteiger partial charge is 0.254 e. The topological polar surface area (TPSA) is 59.0 Å². The fourth-order valence-electron chi connectivity index (χ4n) is 3.56. The average molecular weight is 374 g/mol. The molecule has 0 saturated heterocycles. The molecule has 144 valence electrons. The van der Waals surface area contributed by atoms with Crippen LogP contribution >= 0.6 is 0 Å². The van der Waals surface area contributed by atoms with E-state index in [9.17, 15) is 4.79 Å². The number of fused-ring (bicyclic) bond motifs is 1. The van der Waals surface area contributed by atoms with Gasteiger partial charge in [0.25, 0.3) is 5.91 Å². The molecule has 2 heterocycles. The van der Waals surface area contributed by atoms with Crippen molar-refractivity contribution >= 4 is 16.8 Å². The molecule has 0 radical (unpaired) electrons. The monoisotopic (exact) mass is 374 g/mol. The number of aromatic nitrogens is 3. The summed E-state index contributed by atoms with van der Waals surface area (Å²) >= 11 is 0. The summed E-state index contributed by atoms with van der Waals surface area (Å²) in [6.45, 7) is 9.50. The van der Waals surface area contributed by atoms with Crippen LogP contribution in [0.25, 0.3) is 22.2 Å². The van der Waals surface area contributed by atoms with E-state index in [0.29, 0.717) is 24.6 Å². The molecule has 0 unspecified atom stereocenters. The van der Waals surface area contributed by atoms with Gasteiger partial charge in [0.1, 0.15) is 5.82 Å². The van der Waals surface area contributed by atoms with Crippen molar-refractivity contribution in [3.63, 3.8) is 0 Å². The molecule has 0 aliphatic heterocycles. The van der Waals surface area contributed by atoms with Crippen molar-refractivity contribution < 1.29 is 4.79 Å². The molecule has 1 aliphatic rings. The number of rotatable bonds is 5. The number of amides is 1. The minimum absolute atomic E-state index is 0.0393. The van der Waals surface area contributed by atoms with E-state index < -0.39 is 0 Å². The first-order valence-corrected chi connectivity index (χ1v) is 10.1. The number of hydrogen-bond acceptors (Lipinski definition) is 4. The first kappa shape index (κ1) is 18.5. The molecule has 28 heavy (non-hydrogen) atoms. The lowest BCUT2D eigenvalue weighted by molar-refractivity contribution is 0.0775. The van der Waals surface area contributed by atoms with Crippen LogP contribution in [0.15, 0.2) is 30.6 Å². The van der Waals surface area contributed by atoms with Crippen LogP contribution in [0.1, 0.15) is 59.9 Å². The zero-order chi connectivity index (χ0) is 19.8. The zero-order valence-electron chi connectivity index (χ0n) is 17.0. The number of aryl methyl sites for hydroxylation is 2. The van der Waals surface area contributed by atoms with Gasteiger partial charge in [-0.3, -0.25) is 4.79 Å². The van der Waals surface area contributed by atoms with Crippen LogP contribution in [0, 0.1) is 13.8 Å². The number of benzene rings is 1. The van der Waals surface area contributed by atoms with Gasteiger partial charge in [0.2, 0.25) is 0 Å². The highest BCUT2D eigenvalue weighted by Gasteiger charge is 2.26. The maximum Gasteiger partial charge on any atom is 0.254 e. The molecule has 5 heteroatoms. The van der Waals surface area contributed by atoms with Crippen LogP contribution in [0.3, 0.4) is 0 Å². The molecule has 1 aromatic carbocycles. The molecule has 0 N–H and O–H groups in total. The lowest BCUT2D eigenvalue weighted by Crippen LogP contribution is -2.30. The number of carbonyl (C=O) groups excluding carboxylic acids is 1. The van der Waals surface area contributed by atoms with E-state index in [2.05, 4.69) is 29.9 Å². The second-order valence-corrected chi connectivity index (χ2v) is 7.54. The highest BCUT2D eigenvalue weighted by molar-refractivity contribution is 6.08. The molecular weight excluding hydrogens is 348 g/mol.